The molecule has 1 fully saturated rings. The highest BCUT2D eigenvalue weighted by Gasteiger charge is 2.21. The monoisotopic (exact) mass is 471 g/mol. The number of hydrogen-bond acceptors (Lipinski definition) is 5. The van der Waals surface area contributed by atoms with Gasteiger partial charge in [0, 0.05) is 32.7 Å². The second kappa shape index (κ2) is 11.7. The Morgan fingerprint density at radius 2 is 1.67 bits per heavy atom. The first kappa shape index (κ1) is 25.4. The summed E-state index contributed by atoms with van der Waals surface area (Å²) in [5.41, 5.74) is 3.11. The molecule has 2 aromatic carbocycles. The smallest absolute Gasteiger partial charge is 0.179 e. The van der Waals surface area contributed by atoms with Crippen molar-refractivity contribution in [2.75, 3.05) is 45.0 Å². The fraction of sp³-hybridized carbons (Fsp3) is 0.500. The topological polar surface area (TPSA) is 64.4 Å². The van der Waals surface area contributed by atoms with E-state index in [0.29, 0.717) is 12.5 Å². The molecule has 0 saturated carbocycles. The van der Waals surface area contributed by atoms with Crippen molar-refractivity contribution < 1.29 is 12.8 Å². The van der Waals surface area contributed by atoms with Gasteiger partial charge in [-0.1, -0.05) is 19.1 Å². The fourth-order valence-corrected chi connectivity index (χ4v) is 5.76. The highest BCUT2D eigenvalue weighted by atomic mass is 32.2. The van der Waals surface area contributed by atoms with Crippen molar-refractivity contribution in [3.05, 3.63) is 65.0 Å². The Morgan fingerprint density at radius 1 is 1.03 bits per heavy atom. The maximum absolute atomic E-state index is 13.1. The van der Waals surface area contributed by atoms with E-state index in [1.807, 2.05) is 13.0 Å². The van der Waals surface area contributed by atoms with E-state index in [0.717, 1.165) is 63.1 Å². The molecule has 7 heteroatoms. The fourth-order valence-electron chi connectivity index (χ4n) is 4.48. The molecule has 0 N–H and O–H groups in total. The minimum atomic E-state index is -3.39. The van der Waals surface area contributed by atoms with E-state index in [9.17, 15) is 12.8 Å². The number of hydrogen-bond donors (Lipinski definition) is 0. The Hall–Kier alpha value is -2.27. The zero-order chi connectivity index (χ0) is 23.8. The standard InChI is InChI=1S/C26H34FN3O2S/c1-3-22(23-6-7-24(20-28)21(2)19-23)5-4-12-29-13-15-30(16-14-29)17-18-33(31,32)26-10-8-25(27)9-11-26/h6-11,19,22H,3-5,12-18H2,1-2H3. The normalized spacial score (nSPS) is 16.4. The molecule has 1 atom stereocenters. The highest BCUT2D eigenvalue weighted by molar-refractivity contribution is 7.91. The van der Waals surface area contributed by atoms with Gasteiger partial charge in [-0.3, -0.25) is 4.90 Å². The van der Waals surface area contributed by atoms with E-state index in [-0.39, 0.29) is 10.6 Å². The van der Waals surface area contributed by atoms with Gasteiger partial charge >= 0.3 is 0 Å². The molecule has 0 aromatic heterocycles. The van der Waals surface area contributed by atoms with Crippen LogP contribution >= 0.6 is 0 Å². The van der Waals surface area contributed by atoms with Crippen LogP contribution in [-0.2, 0) is 9.84 Å². The summed E-state index contributed by atoms with van der Waals surface area (Å²) < 4.78 is 38.0. The van der Waals surface area contributed by atoms with Gasteiger partial charge in [0.1, 0.15) is 5.82 Å². The average molecular weight is 472 g/mol. The van der Waals surface area contributed by atoms with E-state index >= 15 is 0 Å². The molecule has 0 bridgehead atoms. The molecule has 3 rings (SSSR count). The quantitative estimate of drug-likeness (QED) is 0.482. The molecular weight excluding hydrogens is 437 g/mol. The predicted molar refractivity (Wildman–Crippen MR) is 129 cm³/mol. The number of nitriles is 1. The van der Waals surface area contributed by atoms with Gasteiger partial charge in [0.15, 0.2) is 9.84 Å². The van der Waals surface area contributed by atoms with Crippen molar-refractivity contribution in [2.45, 2.75) is 43.9 Å². The van der Waals surface area contributed by atoms with Gasteiger partial charge < -0.3 is 4.90 Å². The second-order valence-corrected chi connectivity index (χ2v) is 11.0. The number of halogens is 1. The zero-order valence-electron chi connectivity index (χ0n) is 19.6. The lowest BCUT2D eigenvalue weighted by Crippen LogP contribution is -2.47. The molecule has 1 saturated heterocycles. The first-order valence-electron chi connectivity index (χ1n) is 11.8. The molecule has 0 radical (unpaired) electrons. The molecule has 0 amide bonds. The number of nitrogens with zero attached hydrogens (tertiary/aromatic N) is 3. The molecule has 2 aromatic rings. The lowest BCUT2D eigenvalue weighted by Gasteiger charge is -2.34. The molecule has 33 heavy (non-hydrogen) atoms. The largest absolute Gasteiger partial charge is 0.301 e. The third kappa shape index (κ3) is 7.10. The molecule has 5 nitrogen and oxygen atoms in total. The molecule has 0 aliphatic carbocycles. The van der Waals surface area contributed by atoms with Gasteiger partial charge in [-0.05, 0) is 80.1 Å². The summed E-state index contributed by atoms with van der Waals surface area (Å²) in [6.07, 6.45) is 3.33. The number of sulfone groups is 1. The van der Waals surface area contributed by atoms with Crippen LogP contribution in [0.5, 0.6) is 0 Å². The van der Waals surface area contributed by atoms with Crippen LogP contribution in [0.3, 0.4) is 0 Å². The van der Waals surface area contributed by atoms with Crippen molar-refractivity contribution in [1.29, 1.82) is 5.26 Å². The van der Waals surface area contributed by atoms with Gasteiger partial charge in [0.05, 0.1) is 22.3 Å². The summed E-state index contributed by atoms with van der Waals surface area (Å²) in [6.45, 7) is 9.40. The van der Waals surface area contributed by atoms with Crippen molar-refractivity contribution in [3.63, 3.8) is 0 Å². The summed E-state index contributed by atoms with van der Waals surface area (Å²) in [5.74, 6) is 0.137. The summed E-state index contributed by atoms with van der Waals surface area (Å²) in [6, 6.07) is 13.5. The molecule has 1 aliphatic heterocycles. The maximum Gasteiger partial charge on any atom is 0.179 e. The Morgan fingerprint density at radius 3 is 2.24 bits per heavy atom. The Bertz CT molecular complexity index is 1060. The average Bonchev–Trinajstić information content (AvgIpc) is 2.81. The first-order chi connectivity index (χ1) is 15.8. The molecule has 1 unspecified atom stereocenters. The van der Waals surface area contributed by atoms with Crippen LogP contribution in [0.1, 0.15) is 48.8 Å². The third-order valence-electron chi connectivity index (χ3n) is 6.68. The number of benzene rings is 2. The number of piperazine rings is 1. The lowest BCUT2D eigenvalue weighted by atomic mass is 9.90. The predicted octanol–water partition coefficient (Wildman–Crippen LogP) is 4.37. The van der Waals surface area contributed by atoms with Gasteiger partial charge in [-0.2, -0.15) is 5.26 Å². The summed E-state index contributed by atoms with van der Waals surface area (Å²) >= 11 is 0. The van der Waals surface area contributed by atoms with E-state index in [4.69, 9.17) is 5.26 Å². The van der Waals surface area contributed by atoms with Gasteiger partial charge in [0.2, 0.25) is 0 Å². The Kier molecular flexibility index (Phi) is 9.02. The van der Waals surface area contributed by atoms with Crippen LogP contribution in [0.2, 0.25) is 0 Å². The van der Waals surface area contributed by atoms with Crippen molar-refractivity contribution in [2.24, 2.45) is 0 Å². The first-order valence-corrected chi connectivity index (χ1v) is 13.4. The van der Waals surface area contributed by atoms with Crippen molar-refractivity contribution in [1.82, 2.24) is 9.80 Å². The van der Waals surface area contributed by atoms with Crippen molar-refractivity contribution >= 4 is 9.84 Å². The molecule has 0 spiro atoms. The molecular formula is C26H34FN3O2S. The summed E-state index contributed by atoms with van der Waals surface area (Å²) in [5, 5.41) is 9.14. The van der Waals surface area contributed by atoms with Crippen LogP contribution in [0.25, 0.3) is 0 Å². The minimum absolute atomic E-state index is 0.0564. The Balaban J connectivity index is 1.40. The van der Waals surface area contributed by atoms with Crippen LogP contribution in [0.15, 0.2) is 47.4 Å². The summed E-state index contributed by atoms with van der Waals surface area (Å²) in [7, 11) is -3.39. The lowest BCUT2D eigenvalue weighted by molar-refractivity contribution is 0.135. The minimum Gasteiger partial charge on any atom is -0.301 e. The zero-order valence-corrected chi connectivity index (χ0v) is 20.5. The number of aryl methyl sites for hydroxylation is 1. The Labute approximate surface area is 197 Å². The van der Waals surface area contributed by atoms with E-state index < -0.39 is 15.7 Å². The number of rotatable bonds is 10. The van der Waals surface area contributed by atoms with E-state index in [2.05, 4.69) is 34.9 Å². The van der Waals surface area contributed by atoms with Crippen LogP contribution in [-0.4, -0.2) is 63.2 Å². The van der Waals surface area contributed by atoms with Gasteiger partial charge in [0.25, 0.3) is 0 Å². The third-order valence-corrected chi connectivity index (χ3v) is 8.39. The van der Waals surface area contributed by atoms with Crippen LogP contribution in [0.4, 0.5) is 4.39 Å². The second-order valence-electron chi connectivity index (χ2n) is 8.89. The summed E-state index contributed by atoms with van der Waals surface area (Å²) in [4.78, 5) is 4.85. The molecule has 1 heterocycles. The SMILES string of the molecule is CCC(CCCN1CCN(CCS(=O)(=O)c2ccc(F)cc2)CC1)c1ccc(C#N)c(C)c1. The van der Waals surface area contributed by atoms with Gasteiger partial charge in [-0.25, -0.2) is 12.8 Å². The molecule has 178 valence electrons. The highest BCUT2D eigenvalue weighted by Crippen LogP contribution is 2.26. The van der Waals surface area contributed by atoms with Crippen LogP contribution in [0, 0.1) is 24.1 Å². The van der Waals surface area contributed by atoms with E-state index in [1.54, 1.807) is 0 Å². The molecule has 1 aliphatic rings. The van der Waals surface area contributed by atoms with Crippen molar-refractivity contribution in [3.8, 4) is 6.07 Å². The van der Waals surface area contributed by atoms with Gasteiger partial charge in [-0.15, -0.1) is 0 Å². The van der Waals surface area contributed by atoms with E-state index in [1.165, 1.54) is 29.8 Å². The van der Waals surface area contributed by atoms with Crippen LogP contribution < -0.4 is 0 Å². The maximum atomic E-state index is 13.1.